The van der Waals surface area contributed by atoms with Crippen molar-refractivity contribution in [1.82, 2.24) is 5.06 Å². The zero-order chi connectivity index (χ0) is 27.2. The standard InChI is InChI=1S/C13H12F5N2O2/c1-12(2)13(3,4)20(22)11(19(12)21)5-6(14)8(16)10(18)9(17)7(5)15/h1-4H3/i1D3,2D3,3D3,4D3. The Kier molecular flexibility index (Phi) is 1.38. The minimum absolute atomic E-state index is 1.61. The van der Waals surface area contributed by atoms with Gasteiger partial charge in [0.2, 0.25) is 5.82 Å². The van der Waals surface area contributed by atoms with Crippen LogP contribution in [-0.2, 0) is 5.21 Å². The summed E-state index contributed by atoms with van der Waals surface area (Å²) in [7, 11) is 0. The van der Waals surface area contributed by atoms with Crippen molar-refractivity contribution < 1.29 is 48.3 Å². The highest BCUT2D eigenvalue weighted by Gasteiger charge is 2.61. The first-order chi connectivity index (χ1) is 14.9. The third kappa shape index (κ3) is 1.74. The maximum Gasteiger partial charge on any atom is 0.323 e. The van der Waals surface area contributed by atoms with Gasteiger partial charge in [0.05, 0.1) is 0 Å². The summed E-state index contributed by atoms with van der Waals surface area (Å²) in [6, 6.07) is 0. The first-order valence-corrected chi connectivity index (χ1v) is 5.20. The van der Waals surface area contributed by atoms with E-state index < -0.39 is 88.8 Å². The molecule has 9 heteroatoms. The molecule has 0 amide bonds. The minimum atomic E-state index is -4.82. The van der Waals surface area contributed by atoms with Crippen molar-refractivity contribution in [2.24, 2.45) is 0 Å². The predicted octanol–water partition coefficient (Wildman–Crippen LogP) is 2.86. The fraction of sp³-hybridized carbons (Fsp3) is 0.462. The van der Waals surface area contributed by atoms with Crippen molar-refractivity contribution in [1.29, 1.82) is 0 Å². The van der Waals surface area contributed by atoms with Crippen LogP contribution in [0.4, 0.5) is 22.0 Å². The van der Waals surface area contributed by atoms with Gasteiger partial charge in [0.15, 0.2) is 28.8 Å². The molecule has 2 rings (SSSR count). The third-order valence-corrected chi connectivity index (χ3v) is 2.95. The lowest BCUT2D eigenvalue weighted by molar-refractivity contribution is -0.539. The fourth-order valence-corrected chi connectivity index (χ4v) is 1.70. The summed E-state index contributed by atoms with van der Waals surface area (Å²) in [6.07, 6.45) is 0. The normalized spacial score (nSPS) is 30.4. The molecule has 0 aromatic heterocycles. The molecule has 0 atom stereocenters. The summed E-state index contributed by atoms with van der Waals surface area (Å²) in [4.78, 5) is 0. The van der Waals surface area contributed by atoms with E-state index in [1.807, 2.05) is 0 Å². The Morgan fingerprint density at radius 1 is 0.955 bits per heavy atom. The molecule has 1 aliphatic rings. The number of hydrogen-bond acceptors (Lipinski definition) is 2. The highest BCUT2D eigenvalue weighted by atomic mass is 19.2. The lowest BCUT2D eigenvalue weighted by atomic mass is 9.84. The molecule has 22 heavy (non-hydrogen) atoms. The zero-order valence-electron chi connectivity index (χ0n) is 22.1. The molecule has 0 N–H and O–H groups in total. The number of halogens is 5. The second-order valence-electron chi connectivity index (χ2n) is 4.28. The lowest BCUT2D eigenvalue weighted by Crippen LogP contribution is -2.53. The summed E-state index contributed by atoms with van der Waals surface area (Å²) < 4.78 is 160. The highest BCUT2D eigenvalue weighted by molar-refractivity contribution is 5.96. The van der Waals surface area contributed by atoms with E-state index in [1.165, 1.54) is 0 Å². The van der Waals surface area contributed by atoms with E-state index in [4.69, 9.17) is 16.4 Å². The molecule has 0 fully saturated rings. The summed E-state index contributed by atoms with van der Waals surface area (Å²) in [5.41, 5.74) is -12.2. The van der Waals surface area contributed by atoms with Crippen LogP contribution in [0.1, 0.15) is 49.4 Å². The molecule has 1 aromatic carbocycles. The quantitative estimate of drug-likeness (QED) is 0.260. The monoisotopic (exact) mass is 335 g/mol. The number of rotatable bonds is 1. The summed E-state index contributed by atoms with van der Waals surface area (Å²) in [6.45, 7) is -18.2. The van der Waals surface area contributed by atoms with Gasteiger partial charge in [0, 0.05) is 21.7 Å². The molecule has 0 bridgehead atoms. The van der Waals surface area contributed by atoms with Gasteiger partial charge in [-0.2, -0.15) is 0 Å². The number of benzene rings is 1. The topological polar surface area (TPSA) is 49.2 Å². The average molecular weight is 335 g/mol. The highest BCUT2D eigenvalue weighted by Crippen LogP contribution is 2.38. The number of amidine groups is 1. The summed E-state index contributed by atoms with van der Waals surface area (Å²) in [5, 5.41) is 24.8. The van der Waals surface area contributed by atoms with Crippen LogP contribution in [-0.4, -0.2) is 26.7 Å². The third-order valence-electron chi connectivity index (χ3n) is 2.95. The molecular weight excluding hydrogens is 311 g/mol. The van der Waals surface area contributed by atoms with Crippen LogP contribution in [0.2, 0.25) is 0 Å². The van der Waals surface area contributed by atoms with E-state index in [-0.39, 0.29) is 0 Å². The Morgan fingerprint density at radius 2 is 1.41 bits per heavy atom. The van der Waals surface area contributed by atoms with Crippen molar-refractivity contribution in [3.8, 4) is 0 Å². The van der Waals surface area contributed by atoms with Gasteiger partial charge >= 0.3 is 5.84 Å². The Labute approximate surface area is 139 Å². The lowest BCUT2D eigenvalue weighted by Gasteiger charge is -2.32. The van der Waals surface area contributed by atoms with E-state index in [1.54, 1.807) is 0 Å². The Morgan fingerprint density at radius 3 is 1.77 bits per heavy atom. The molecule has 121 valence electrons. The van der Waals surface area contributed by atoms with Gasteiger partial charge in [-0.25, -0.2) is 22.0 Å². The second-order valence-corrected chi connectivity index (χ2v) is 4.28. The second kappa shape index (κ2) is 4.55. The first-order valence-electron chi connectivity index (χ1n) is 11.2. The van der Waals surface area contributed by atoms with Gasteiger partial charge in [-0.05, 0) is 27.4 Å². The summed E-state index contributed by atoms with van der Waals surface area (Å²) in [5.74, 6) is -16.8. The molecule has 0 saturated carbocycles. The zero-order valence-corrected chi connectivity index (χ0v) is 10.1. The van der Waals surface area contributed by atoms with Crippen molar-refractivity contribution in [3.05, 3.63) is 39.9 Å². The van der Waals surface area contributed by atoms with Gasteiger partial charge in [-0.1, -0.05) is 5.06 Å². The molecule has 1 aromatic rings. The molecule has 1 radical (unpaired) electrons. The molecule has 0 unspecified atom stereocenters. The number of nitrogens with zero attached hydrogens (tertiary/aromatic N) is 2. The maximum atomic E-state index is 14.5. The Hall–Kier alpha value is -1.90. The van der Waals surface area contributed by atoms with Crippen LogP contribution in [0.3, 0.4) is 0 Å². The fourth-order valence-electron chi connectivity index (χ4n) is 1.70. The van der Waals surface area contributed by atoms with Crippen LogP contribution in [0.15, 0.2) is 0 Å². The molecule has 1 aliphatic heterocycles. The van der Waals surface area contributed by atoms with Gasteiger partial charge in [0.1, 0.15) is 11.1 Å². The Balaban J connectivity index is 3.38. The van der Waals surface area contributed by atoms with Crippen LogP contribution >= 0.6 is 0 Å². The van der Waals surface area contributed by atoms with Crippen molar-refractivity contribution in [2.75, 3.05) is 0 Å². The first kappa shape index (κ1) is 6.69. The maximum absolute atomic E-state index is 14.5. The largest absolute Gasteiger partial charge is 0.714 e. The van der Waals surface area contributed by atoms with Crippen LogP contribution < -0.4 is 0 Å². The Bertz CT molecular complexity index is 1010. The van der Waals surface area contributed by atoms with Gasteiger partial charge < -0.3 is 5.21 Å². The molecule has 1 heterocycles. The molecule has 4 nitrogen and oxygen atoms in total. The average Bonchev–Trinajstić information content (AvgIpc) is 2.84. The van der Waals surface area contributed by atoms with E-state index in [0.29, 0.717) is 0 Å². The van der Waals surface area contributed by atoms with Gasteiger partial charge in [-0.3, -0.25) is 4.74 Å². The number of hydrogen-bond donors (Lipinski definition) is 0. The number of hydroxylamine groups is 3. The van der Waals surface area contributed by atoms with Gasteiger partial charge in [-0.15, -0.1) is 0 Å². The van der Waals surface area contributed by atoms with E-state index in [0.717, 1.165) is 0 Å². The predicted molar refractivity (Wildman–Crippen MR) is 64.7 cm³/mol. The van der Waals surface area contributed by atoms with Crippen molar-refractivity contribution >= 4 is 5.84 Å². The smallest absolute Gasteiger partial charge is 0.323 e. The van der Waals surface area contributed by atoms with E-state index >= 15 is 0 Å². The van der Waals surface area contributed by atoms with E-state index in [9.17, 15) is 32.4 Å². The molecule has 0 saturated heterocycles. The minimum Gasteiger partial charge on any atom is -0.714 e. The van der Waals surface area contributed by atoms with Crippen LogP contribution in [0.5, 0.6) is 0 Å². The van der Waals surface area contributed by atoms with Crippen LogP contribution in [0, 0.1) is 34.3 Å². The van der Waals surface area contributed by atoms with Crippen LogP contribution in [0.25, 0.3) is 0 Å². The molecular formula is C13H12F5N2O2. The SMILES string of the molecule is [2H]C([2H])([2H])C1(C([2H])([2H])[2H])N([O])C(c2c(F)c(F)c(F)c(F)c2F)=[N+]([O-])C1(C([2H])([2H])[2H])C([2H])([2H])[2H]. The molecule has 0 aliphatic carbocycles. The van der Waals surface area contributed by atoms with Crippen molar-refractivity contribution in [2.45, 2.75) is 38.5 Å². The van der Waals surface area contributed by atoms with Gasteiger partial charge in [0.25, 0.3) is 0 Å². The van der Waals surface area contributed by atoms with E-state index in [2.05, 4.69) is 0 Å². The summed E-state index contributed by atoms with van der Waals surface area (Å²) >= 11 is 0. The molecule has 0 spiro atoms. The van der Waals surface area contributed by atoms with Crippen molar-refractivity contribution in [3.63, 3.8) is 0 Å².